The van der Waals surface area contributed by atoms with E-state index in [1.165, 1.54) is 32.1 Å². The van der Waals surface area contributed by atoms with Gasteiger partial charge in [0.1, 0.15) is 24.4 Å². The second-order valence-corrected chi connectivity index (χ2v) is 12.6. The molecule has 0 unspecified atom stereocenters. The van der Waals surface area contributed by atoms with Gasteiger partial charge < -0.3 is 43.0 Å². The van der Waals surface area contributed by atoms with Crippen molar-refractivity contribution >= 4 is 41.8 Å². The van der Waals surface area contributed by atoms with Gasteiger partial charge in [0.2, 0.25) is 0 Å². The lowest BCUT2D eigenvalue weighted by molar-refractivity contribution is -0.279. The first-order valence-electron chi connectivity index (χ1n) is 15.2. The van der Waals surface area contributed by atoms with Crippen LogP contribution in [0.2, 0.25) is 0 Å². The van der Waals surface area contributed by atoms with Gasteiger partial charge in [0, 0.05) is 47.5 Å². The van der Waals surface area contributed by atoms with Gasteiger partial charge in [-0.1, -0.05) is 13.0 Å². The smallest absolute Gasteiger partial charge is 0.312 e. The minimum Gasteiger partial charge on any atom is -0.461 e. The molecule has 1 N–H and O–H groups in total. The molecular weight excluding hydrogens is 640 g/mol. The molecule has 11 atom stereocenters. The quantitative estimate of drug-likeness (QED) is 0.219. The molecular formula is C32H40O16. The monoisotopic (exact) mass is 680 g/mol. The van der Waals surface area contributed by atoms with E-state index >= 15 is 0 Å². The van der Waals surface area contributed by atoms with Crippen LogP contribution in [0.25, 0.3) is 0 Å². The van der Waals surface area contributed by atoms with Crippen LogP contribution in [0.5, 0.6) is 0 Å². The van der Waals surface area contributed by atoms with Crippen molar-refractivity contribution in [3.8, 4) is 0 Å². The van der Waals surface area contributed by atoms with E-state index < -0.39 is 107 Å². The van der Waals surface area contributed by atoms with Gasteiger partial charge in [-0.15, -0.1) is 0 Å². The topological polar surface area (TPSA) is 217 Å². The summed E-state index contributed by atoms with van der Waals surface area (Å²) in [6.07, 6.45) is -5.49. The van der Waals surface area contributed by atoms with Crippen molar-refractivity contribution in [2.24, 2.45) is 17.3 Å². The van der Waals surface area contributed by atoms with Crippen molar-refractivity contribution in [2.75, 3.05) is 13.2 Å². The largest absolute Gasteiger partial charge is 0.461 e. The first-order chi connectivity index (χ1) is 22.3. The van der Waals surface area contributed by atoms with Crippen LogP contribution in [0.3, 0.4) is 0 Å². The Morgan fingerprint density at radius 2 is 1.33 bits per heavy atom. The molecule has 3 fully saturated rings. The minimum atomic E-state index is -2.42. The Morgan fingerprint density at radius 1 is 0.812 bits per heavy atom. The fraction of sp³-hybridized carbons (Fsp3) is 0.656. The summed E-state index contributed by atoms with van der Waals surface area (Å²) in [5.74, 6) is -8.72. The van der Waals surface area contributed by atoms with Crippen LogP contribution in [-0.2, 0) is 71.5 Å². The third-order valence-electron chi connectivity index (χ3n) is 9.25. The Hall–Kier alpha value is -4.31. The molecule has 48 heavy (non-hydrogen) atoms. The second kappa shape index (κ2) is 13.3. The van der Waals surface area contributed by atoms with Gasteiger partial charge in [-0.05, 0) is 24.6 Å². The Kier molecular flexibility index (Phi) is 10.1. The summed E-state index contributed by atoms with van der Waals surface area (Å²) in [6, 6.07) is 0. The summed E-state index contributed by atoms with van der Waals surface area (Å²) < 4.78 is 45.8. The number of rotatable bonds is 7. The van der Waals surface area contributed by atoms with Crippen LogP contribution in [0.1, 0.15) is 55.4 Å². The fourth-order valence-electron chi connectivity index (χ4n) is 7.29. The summed E-state index contributed by atoms with van der Waals surface area (Å²) in [7, 11) is 0. The molecule has 16 nitrogen and oxygen atoms in total. The predicted octanol–water partition coefficient (Wildman–Crippen LogP) is 0.402. The maximum atomic E-state index is 13.2. The molecule has 0 radical (unpaired) electrons. The average molecular weight is 681 g/mol. The maximum Gasteiger partial charge on any atom is 0.312 e. The third-order valence-corrected chi connectivity index (χ3v) is 9.25. The van der Waals surface area contributed by atoms with E-state index in [0.717, 1.165) is 41.5 Å². The lowest BCUT2D eigenvalue weighted by atomic mass is 9.51. The zero-order valence-electron chi connectivity index (χ0n) is 27.8. The Labute approximate surface area is 275 Å². The van der Waals surface area contributed by atoms with Gasteiger partial charge in [0.05, 0.1) is 17.9 Å². The van der Waals surface area contributed by atoms with Crippen LogP contribution < -0.4 is 0 Å². The Balaban J connectivity index is 2.16. The number of aliphatic hydroxyl groups is 1. The van der Waals surface area contributed by atoms with Gasteiger partial charge >= 0.3 is 41.8 Å². The van der Waals surface area contributed by atoms with Gasteiger partial charge in [-0.25, -0.2) is 0 Å². The first-order valence-corrected chi connectivity index (χ1v) is 15.2. The van der Waals surface area contributed by atoms with Crippen molar-refractivity contribution in [3.05, 3.63) is 23.8 Å². The molecule has 2 aliphatic carbocycles. The molecule has 16 heteroatoms. The van der Waals surface area contributed by atoms with Crippen molar-refractivity contribution in [1.82, 2.24) is 0 Å². The van der Waals surface area contributed by atoms with Crippen LogP contribution >= 0.6 is 0 Å². The molecule has 0 bridgehead atoms. The standard InChI is InChI=1S/C32H40O16/c1-14-29(39)48-23-11-21(12-41-15(2)33)9-10-22(43-16(3)34)30(8)25(28(32(14,23)40)47-20(7)38)31(13-42-31)27(46-19(6)37)24(44-17(4)35)26(30)45-18(5)36/h9-11,14,22-28,40H,12-13H2,1-8H3/b10-9-,21-11-/t14-,22-,23-,24+,25+,26-,27+,28-,30+,31-,32-/m0/s1. The molecule has 2 aliphatic heterocycles. The number of hydrogen-bond acceptors (Lipinski definition) is 16. The molecule has 1 spiro atoms. The molecule has 0 aromatic rings. The minimum absolute atomic E-state index is 0.169. The van der Waals surface area contributed by atoms with Gasteiger partial charge in [-0.2, -0.15) is 0 Å². The summed E-state index contributed by atoms with van der Waals surface area (Å²) in [4.78, 5) is 88.5. The molecule has 1 saturated carbocycles. The van der Waals surface area contributed by atoms with Crippen LogP contribution in [0.15, 0.2) is 23.8 Å². The number of esters is 7. The Morgan fingerprint density at radius 3 is 1.83 bits per heavy atom. The number of epoxide rings is 1. The summed E-state index contributed by atoms with van der Waals surface area (Å²) in [6.45, 7) is 8.75. The zero-order chi connectivity index (χ0) is 35.9. The number of fused-ring (bicyclic) bond motifs is 3. The van der Waals surface area contributed by atoms with E-state index in [0.29, 0.717) is 0 Å². The summed E-state index contributed by atoms with van der Waals surface area (Å²) in [5.41, 5.74) is -5.88. The van der Waals surface area contributed by atoms with Crippen molar-refractivity contribution in [1.29, 1.82) is 0 Å². The number of ether oxygens (including phenoxy) is 8. The average Bonchev–Trinajstić information content (AvgIpc) is 3.71. The fourth-order valence-corrected chi connectivity index (χ4v) is 7.29. The zero-order valence-corrected chi connectivity index (χ0v) is 27.8. The van der Waals surface area contributed by atoms with Gasteiger partial charge in [0.15, 0.2) is 30.0 Å². The molecule has 0 amide bonds. The third kappa shape index (κ3) is 6.55. The molecule has 0 aromatic heterocycles. The molecule has 4 aliphatic rings. The molecule has 4 rings (SSSR count). The molecule has 2 saturated heterocycles. The molecule has 2 heterocycles. The normalized spacial score (nSPS) is 39.9. The van der Waals surface area contributed by atoms with Crippen LogP contribution in [0.4, 0.5) is 0 Å². The van der Waals surface area contributed by atoms with E-state index in [-0.39, 0.29) is 18.8 Å². The Bertz CT molecular complexity index is 1440. The highest BCUT2D eigenvalue weighted by atomic mass is 16.7. The lowest BCUT2D eigenvalue weighted by Gasteiger charge is -2.59. The van der Waals surface area contributed by atoms with E-state index in [4.69, 9.17) is 37.9 Å². The number of carbonyl (C=O) groups is 7. The highest BCUT2D eigenvalue weighted by Gasteiger charge is 2.81. The van der Waals surface area contributed by atoms with Crippen LogP contribution in [0, 0.1) is 17.3 Å². The second-order valence-electron chi connectivity index (χ2n) is 12.6. The van der Waals surface area contributed by atoms with E-state index in [1.54, 1.807) is 0 Å². The van der Waals surface area contributed by atoms with Crippen LogP contribution in [-0.4, -0.2) is 108 Å². The van der Waals surface area contributed by atoms with Crippen molar-refractivity contribution in [2.45, 2.75) is 103 Å². The molecule has 264 valence electrons. The van der Waals surface area contributed by atoms with Crippen molar-refractivity contribution < 1.29 is 76.6 Å². The highest BCUT2D eigenvalue weighted by molar-refractivity contribution is 5.78. The van der Waals surface area contributed by atoms with E-state index in [9.17, 15) is 38.7 Å². The molecule has 0 aromatic carbocycles. The number of hydrogen-bond donors (Lipinski definition) is 1. The summed E-state index contributed by atoms with van der Waals surface area (Å²) >= 11 is 0. The number of carbonyl (C=O) groups excluding carboxylic acids is 7. The first kappa shape index (κ1) is 36.5. The van der Waals surface area contributed by atoms with E-state index in [1.807, 2.05) is 0 Å². The van der Waals surface area contributed by atoms with Gasteiger partial charge in [0.25, 0.3) is 0 Å². The maximum absolute atomic E-state index is 13.2. The predicted molar refractivity (Wildman–Crippen MR) is 156 cm³/mol. The van der Waals surface area contributed by atoms with E-state index in [2.05, 4.69) is 0 Å². The van der Waals surface area contributed by atoms with Crippen molar-refractivity contribution in [3.63, 3.8) is 0 Å². The lowest BCUT2D eigenvalue weighted by Crippen LogP contribution is -2.76. The van der Waals surface area contributed by atoms with Gasteiger partial charge in [-0.3, -0.25) is 33.6 Å². The summed E-state index contributed by atoms with van der Waals surface area (Å²) in [5, 5.41) is 12.7. The highest BCUT2D eigenvalue weighted by Crippen LogP contribution is 2.63. The SMILES string of the molecule is CC(=O)OCC1=C\[C@@H]2OC(=O)[C@H](C)[C@@]2(O)[C@@H](OC(C)=O)[C@H]2[C@@]3(CO3)[C@H](OC(C)=O)[C@H](OC(C)=O)[C@H](OC(C)=O)[C@]2(C)[C@@H](OC(C)=O)/C=C\1.